The van der Waals surface area contributed by atoms with Gasteiger partial charge in [0.1, 0.15) is 12.4 Å². The summed E-state index contributed by atoms with van der Waals surface area (Å²) in [5, 5.41) is 0. The molecule has 2 heteroatoms. The van der Waals surface area contributed by atoms with Crippen molar-refractivity contribution in [2.24, 2.45) is 5.73 Å². The van der Waals surface area contributed by atoms with E-state index in [0.717, 1.165) is 11.3 Å². The minimum Gasteiger partial charge on any atom is -0.481 e. The lowest BCUT2D eigenvalue weighted by Crippen LogP contribution is -2.02. The van der Waals surface area contributed by atoms with Gasteiger partial charge in [-0.3, -0.25) is 0 Å². The summed E-state index contributed by atoms with van der Waals surface area (Å²) in [7, 11) is 0. The molecule has 1 rings (SSSR count). The molecule has 0 spiro atoms. The van der Waals surface area contributed by atoms with Gasteiger partial charge < -0.3 is 10.5 Å². The van der Waals surface area contributed by atoms with Gasteiger partial charge in [-0.25, -0.2) is 0 Å². The number of hydrogen-bond donors (Lipinski definition) is 1. The highest BCUT2D eigenvalue weighted by Crippen LogP contribution is 2.19. The first-order chi connectivity index (χ1) is 6.27. The SMILES string of the molecule is C#CCOc1ccc(C)cc1CN. The third kappa shape index (κ3) is 2.50. The monoisotopic (exact) mass is 175 g/mol. The molecule has 0 aliphatic rings. The highest BCUT2D eigenvalue weighted by molar-refractivity contribution is 5.36. The Balaban J connectivity index is 2.87. The number of ether oxygens (including phenoxy) is 1. The van der Waals surface area contributed by atoms with Crippen molar-refractivity contribution in [1.29, 1.82) is 0 Å². The predicted molar refractivity (Wildman–Crippen MR) is 53.4 cm³/mol. The van der Waals surface area contributed by atoms with E-state index >= 15 is 0 Å². The summed E-state index contributed by atoms with van der Waals surface area (Å²) in [6.45, 7) is 2.78. The molecule has 0 aromatic heterocycles. The van der Waals surface area contributed by atoms with Crippen LogP contribution in [-0.2, 0) is 6.54 Å². The second-order valence-electron chi connectivity index (χ2n) is 2.81. The van der Waals surface area contributed by atoms with Crippen LogP contribution in [0.25, 0.3) is 0 Å². The van der Waals surface area contributed by atoms with Gasteiger partial charge in [0.2, 0.25) is 0 Å². The fourth-order valence-corrected chi connectivity index (χ4v) is 1.13. The Kier molecular flexibility index (Phi) is 3.36. The van der Waals surface area contributed by atoms with Crippen molar-refractivity contribution < 1.29 is 4.74 Å². The second kappa shape index (κ2) is 4.54. The van der Waals surface area contributed by atoms with Gasteiger partial charge in [0.15, 0.2) is 0 Å². The molecule has 1 aromatic rings. The Hall–Kier alpha value is -1.46. The summed E-state index contributed by atoms with van der Waals surface area (Å²) in [6, 6.07) is 5.88. The number of terminal acetylenes is 1. The first-order valence-corrected chi connectivity index (χ1v) is 4.13. The second-order valence-corrected chi connectivity index (χ2v) is 2.81. The molecule has 0 saturated carbocycles. The average Bonchev–Trinajstić information content (AvgIpc) is 2.16. The molecular weight excluding hydrogens is 162 g/mol. The maximum Gasteiger partial charge on any atom is 0.148 e. The van der Waals surface area contributed by atoms with Crippen LogP contribution < -0.4 is 10.5 Å². The molecule has 0 atom stereocenters. The van der Waals surface area contributed by atoms with Crippen LogP contribution in [0.15, 0.2) is 18.2 Å². The standard InChI is InChI=1S/C11H13NO/c1-3-6-13-11-5-4-9(2)7-10(11)8-12/h1,4-5,7H,6,8,12H2,2H3. The highest BCUT2D eigenvalue weighted by Gasteiger charge is 2.00. The van der Waals surface area contributed by atoms with E-state index in [9.17, 15) is 0 Å². The van der Waals surface area contributed by atoms with Gasteiger partial charge in [-0.2, -0.15) is 0 Å². The number of rotatable bonds is 3. The van der Waals surface area contributed by atoms with Crippen LogP contribution >= 0.6 is 0 Å². The zero-order chi connectivity index (χ0) is 9.68. The van der Waals surface area contributed by atoms with E-state index in [1.807, 2.05) is 25.1 Å². The van der Waals surface area contributed by atoms with Crippen molar-refractivity contribution in [3.05, 3.63) is 29.3 Å². The van der Waals surface area contributed by atoms with Crippen molar-refractivity contribution in [1.82, 2.24) is 0 Å². The Bertz CT molecular complexity index is 325. The van der Waals surface area contributed by atoms with E-state index in [0.29, 0.717) is 6.54 Å². The zero-order valence-corrected chi connectivity index (χ0v) is 7.71. The van der Waals surface area contributed by atoms with Crippen LogP contribution in [-0.4, -0.2) is 6.61 Å². The average molecular weight is 175 g/mol. The largest absolute Gasteiger partial charge is 0.481 e. The Morgan fingerprint density at radius 3 is 2.92 bits per heavy atom. The Morgan fingerprint density at radius 2 is 2.31 bits per heavy atom. The molecule has 68 valence electrons. The van der Waals surface area contributed by atoms with E-state index in [1.54, 1.807) is 0 Å². The van der Waals surface area contributed by atoms with Gasteiger partial charge in [-0.05, 0) is 13.0 Å². The highest BCUT2D eigenvalue weighted by atomic mass is 16.5. The Morgan fingerprint density at radius 1 is 1.54 bits per heavy atom. The molecule has 0 aliphatic carbocycles. The topological polar surface area (TPSA) is 35.2 Å². The molecule has 0 bridgehead atoms. The number of nitrogens with two attached hydrogens (primary N) is 1. The lowest BCUT2D eigenvalue weighted by Gasteiger charge is -2.08. The molecule has 13 heavy (non-hydrogen) atoms. The molecule has 0 fully saturated rings. The van der Waals surface area contributed by atoms with Gasteiger partial charge in [0.05, 0.1) is 0 Å². The fraction of sp³-hybridized carbons (Fsp3) is 0.273. The van der Waals surface area contributed by atoms with Crippen molar-refractivity contribution in [2.45, 2.75) is 13.5 Å². The van der Waals surface area contributed by atoms with Gasteiger partial charge in [-0.15, -0.1) is 6.42 Å². The van der Waals surface area contributed by atoms with Crippen molar-refractivity contribution in [2.75, 3.05) is 6.61 Å². The van der Waals surface area contributed by atoms with Crippen LogP contribution in [0.5, 0.6) is 5.75 Å². The lowest BCUT2D eigenvalue weighted by molar-refractivity contribution is 0.366. The summed E-state index contributed by atoms with van der Waals surface area (Å²) in [5.41, 5.74) is 7.73. The van der Waals surface area contributed by atoms with E-state index < -0.39 is 0 Å². The molecular formula is C11H13NO. The predicted octanol–water partition coefficient (Wildman–Crippen LogP) is 1.47. The molecule has 0 amide bonds. The van der Waals surface area contributed by atoms with Gasteiger partial charge >= 0.3 is 0 Å². The molecule has 2 N–H and O–H groups in total. The maximum absolute atomic E-state index is 5.56. The summed E-state index contributed by atoms with van der Waals surface area (Å²) in [5.74, 6) is 3.20. The van der Waals surface area contributed by atoms with E-state index in [2.05, 4.69) is 5.92 Å². The van der Waals surface area contributed by atoms with Gasteiger partial charge in [-0.1, -0.05) is 23.6 Å². The number of aryl methyl sites for hydroxylation is 1. The Labute approximate surface area is 78.7 Å². The van der Waals surface area contributed by atoms with Gasteiger partial charge in [0, 0.05) is 12.1 Å². The number of hydrogen-bond acceptors (Lipinski definition) is 2. The normalized spacial score (nSPS) is 9.31. The lowest BCUT2D eigenvalue weighted by atomic mass is 10.1. The molecule has 0 aliphatic heterocycles. The van der Waals surface area contributed by atoms with Gasteiger partial charge in [0.25, 0.3) is 0 Å². The minimum atomic E-state index is 0.288. The van der Waals surface area contributed by atoms with Crippen LogP contribution in [0.3, 0.4) is 0 Å². The first-order valence-electron chi connectivity index (χ1n) is 4.13. The zero-order valence-electron chi connectivity index (χ0n) is 7.71. The summed E-state index contributed by atoms with van der Waals surface area (Å²) in [6.07, 6.45) is 5.09. The van der Waals surface area contributed by atoms with Crippen molar-refractivity contribution >= 4 is 0 Å². The number of benzene rings is 1. The van der Waals surface area contributed by atoms with Crippen molar-refractivity contribution in [3.8, 4) is 18.1 Å². The molecule has 2 nitrogen and oxygen atoms in total. The molecule has 0 heterocycles. The molecule has 0 unspecified atom stereocenters. The quantitative estimate of drug-likeness (QED) is 0.706. The molecule has 0 radical (unpaired) electrons. The third-order valence-corrected chi connectivity index (χ3v) is 1.75. The maximum atomic E-state index is 5.56. The molecule has 1 aromatic carbocycles. The van der Waals surface area contributed by atoms with Crippen LogP contribution in [0.2, 0.25) is 0 Å². The summed E-state index contributed by atoms with van der Waals surface area (Å²) in [4.78, 5) is 0. The smallest absolute Gasteiger partial charge is 0.148 e. The summed E-state index contributed by atoms with van der Waals surface area (Å²) < 4.78 is 5.32. The minimum absolute atomic E-state index is 0.288. The fourth-order valence-electron chi connectivity index (χ4n) is 1.13. The van der Waals surface area contributed by atoms with E-state index in [4.69, 9.17) is 16.9 Å². The summed E-state index contributed by atoms with van der Waals surface area (Å²) >= 11 is 0. The van der Waals surface area contributed by atoms with Crippen molar-refractivity contribution in [3.63, 3.8) is 0 Å². The van der Waals surface area contributed by atoms with E-state index in [-0.39, 0.29) is 6.61 Å². The van der Waals surface area contributed by atoms with Crippen LogP contribution in [0.4, 0.5) is 0 Å². The van der Waals surface area contributed by atoms with Crippen LogP contribution in [0, 0.1) is 19.3 Å². The molecule has 0 saturated heterocycles. The van der Waals surface area contributed by atoms with Crippen LogP contribution in [0.1, 0.15) is 11.1 Å². The first kappa shape index (κ1) is 9.63. The third-order valence-electron chi connectivity index (χ3n) is 1.75. The van der Waals surface area contributed by atoms with E-state index in [1.165, 1.54) is 5.56 Å².